The lowest BCUT2D eigenvalue weighted by Crippen LogP contribution is -2.40. The Balaban J connectivity index is 1.83. The number of amides is 1. The van der Waals surface area contributed by atoms with Crippen LogP contribution >= 0.6 is 23.2 Å². The van der Waals surface area contributed by atoms with Gasteiger partial charge in [0.15, 0.2) is 6.10 Å². The van der Waals surface area contributed by atoms with Crippen LogP contribution in [0.1, 0.15) is 19.8 Å². The molecule has 0 aliphatic carbocycles. The maximum Gasteiger partial charge on any atom is 0.260 e. The van der Waals surface area contributed by atoms with E-state index in [9.17, 15) is 4.79 Å². The summed E-state index contributed by atoms with van der Waals surface area (Å²) in [5, 5.41) is 3.76. The fraction of sp³-hybridized carbons (Fsp3) is 0.500. The number of carbonyl (C=O) groups excluding carboxylic acids is 1. The van der Waals surface area contributed by atoms with Crippen LogP contribution in [0.15, 0.2) is 18.2 Å². The van der Waals surface area contributed by atoms with Crippen LogP contribution in [-0.4, -0.2) is 31.3 Å². The van der Waals surface area contributed by atoms with E-state index in [0.29, 0.717) is 22.3 Å². The number of carbonyl (C=O) groups is 1. The third-order valence-electron chi connectivity index (χ3n) is 3.05. The Labute approximate surface area is 128 Å². The molecule has 4 nitrogen and oxygen atoms in total. The van der Waals surface area contributed by atoms with Crippen molar-refractivity contribution in [2.24, 2.45) is 0 Å². The second kappa shape index (κ2) is 7.16. The zero-order chi connectivity index (χ0) is 14.5. The van der Waals surface area contributed by atoms with Gasteiger partial charge in [0.05, 0.1) is 6.10 Å². The molecule has 110 valence electrons. The summed E-state index contributed by atoms with van der Waals surface area (Å²) in [5.74, 6) is 0.291. The average molecular weight is 318 g/mol. The Morgan fingerprint density at radius 3 is 2.75 bits per heavy atom. The maximum absolute atomic E-state index is 11.9. The summed E-state index contributed by atoms with van der Waals surface area (Å²) in [5.41, 5.74) is 0. The molecule has 1 aliphatic rings. The second-order valence-corrected chi connectivity index (χ2v) is 5.62. The number of nitrogens with one attached hydrogen (secondary N) is 1. The summed E-state index contributed by atoms with van der Waals surface area (Å²) in [6.45, 7) is 2.97. The van der Waals surface area contributed by atoms with Crippen LogP contribution < -0.4 is 10.1 Å². The van der Waals surface area contributed by atoms with Gasteiger partial charge in [0, 0.05) is 23.2 Å². The van der Waals surface area contributed by atoms with Crippen molar-refractivity contribution in [3.8, 4) is 5.75 Å². The van der Waals surface area contributed by atoms with E-state index in [2.05, 4.69) is 5.32 Å². The van der Waals surface area contributed by atoms with Crippen molar-refractivity contribution < 1.29 is 14.3 Å². The number of hydrogen-bond acceptors (Lipinski definition) is 3. The molecule has 1 aromatic rings. The van der Waals surface area contributed by atoms with Crippen molar-refractivity contribution in [3.63, 3.8) is 0 Å². The molecule has 1 saturated heterocycles. The van der Waals surface area contributed by atoms with E-state index in [4.69, 9.17) is 32.7 Å². The highest BCUT2D eigenvalue weighted by atomic mass is 35.5. The molecule has 0 radical (unpaired) electrons. The van der Waals surface area contributed by atoms with Crippen molar-refractivity contribution in [3.05, 3.63) is 28.2 Å². The zero-order valence-electron chi connectivity index (χ0n) is 11.2. The molecule has 0 aromatic heterocycles. The van der Waals surface area contributed by atoms with Gasteiger partial charge in [0.25, 0.3) is 5.91 Å². The first kappa shape index (κ1) is 15.4. The van der Waals surface area contributed by atoms with E-state index in [1.165, 1.54) is 0 Å². The van der Waals surface area contributed by atoms with Gasteiger partial charge < -0.3 is 14.8 Å². The predicted molar refractivity (Wildman–Crippen MR) is 78.5 cm³/mol. The molecule has 0 spiro atoms. The van der Waals surface area contributed by atoms with Gasteiger partial charge >= 0.3 is 0 Å². The van der Waals surface area contributed by atoms with Gasteiger partial charge in [-0.1, -0.05) is 23.2 Å². The molecular weight excluding hydrogens is 301 g/mol. The Morgan fingerprint density at radius 1 is 1.45 bits per heavy atom. The smallest absolute Gasteiger partial charge is 0.260 e. The van der Waals surface area contributed by atoms with E-state index in [0.717, 1.165) is 19.4 Å². The van der Waals surface area contributed by atoms with Crippen molar-refractivity contribution in [2.75, 3.05) is 13.2 Å². The minimum Gasteiger partial charge on any atom is -0.481 e. The maximum atomic E-state index is 11.9. The largest absolute Gasteiger partial charge is 0.481 e. The highest BCUT2D eigenvalue weighted by Gasteiger charge is 2.19. The fourth-order valence-corrected chi connectivity index (χ4v) is 2.52. The SMILES string of the molecule is CC(Oc1cc(Cl)cc(Cl)c1)C(=O)NCC1CCCO1. The summed E-state index contributed by atoms with van der Waals surface area (Å²) in [6.07, 6.45) is 1.53. The van der Waals surface area contributed by atoms with E-state index in [1.54, 1.807) is 25.1 Å². The van der Waals surface area contributed by atoms with Crippen molar-refractivity contribution >= 4 is 29.1 Å². The third-order valence-corrected chi connectivity index (χ3v) is 3.48. The Kier molecular flexibility index (Phi) is 5.52. The van der Waals surface area contributed by atoms with E-state index < -0.39 is 6.10 Å². The molecule has 1 N–H and O–H groups in total. The third kappa shape index (κ3) is 4.54. The Bertz CT molecular complexity index is 455. The quantitative estimate of drug-likeness (QED) is 0.908. The fourth-order valence-electron chi connectivity index (χ4n) is 2.02. The molecule has 2 unspecified atom stereocenters. The molecule has 1 aliphatic heterocycles. The van der Waals surface area contributed by atoms with Gasteiger partial charge in [0.1, 0.15) is 5.75 Å². The molecule has 2 atom stereocenters. The van der Waals surface area contributed by atoms with Crippen LogP contribution in [0, 0.1) is 0 Å². The van der Waals surface area contributed by atoms with E-state index in [1.807, 2.05) is 0 Å². The van der Waals surface area contributed by atoms with E-state index in [-0.39, 0.29) is 12.0 Å². The second-order valence-electron chi connectivity index (χ2n) is 4.75. The lowest BCUT2D eigenvalue weighted by Gasteiger charge is -2.16. The number of ether oxygens (including phenoxy) is 2. The van der Waals surface area contributed by atoms with Gasteiger partial charge in [-0.2, -0.15) is 0 Å². The number of benzene rings is 1. The first-order chi connectivity index (χ1) is 9.54. The molecule has 1 heterocycles. The highest BCUT2D eigenvalue weighted by Crippen LogP contribution is 2.24. The average Bonchev–Trinajstić information content (AvgIpc) is 2.87. The summed E-state index contributed by atoms with van der Waals surface area (Å²) < 4.78 is 11.0. The molecule has 0 saturated carbocycles. The molecule has 0 bridgehead atoms. The number of hydrogen-bond donors (Lipinski definition) is 1. The number of rotatable bonds is 5. The van der Waals surface area contributed by atoms with Crippen molar-refractivity contribution in [2.45, 2.75) is 32.0 Å². The van der Waals surface area contributed by atoms with Gasteiger partial charge in [-0.05, 0) is 38.0 Å². The van der Waals surface area contributed by atoms with Crippen LogP contribution in [-0.2, 0) is 9.53 Å². The molecule has 20 heavy (non-hydrogen) atoms. The first-order valence-corrected chi connectivity index (χ1v) is 7.32. The van der Waals surface area contributed by atoms with Crippen molar-refractivity contribution in [1.29, 1.82) is 0 Å². The lowest BCUT2D eigenvalue weighted by atomic mass is 10.2. The number of halogens is 2. The Morgan fingerprint density at radius 2 is 2.15 bits per heavy atom. The highest BCUT2D eigenvalue weighted by molar-refractivity contribution is 6.34. The molecule has 2 rings (SSSR count). The molecule has 1 fully saturated rings. The summed E-state index contributed by atoms with van der Waals surface area (Å²) in [7, 11) is 0. The van der Waals surface area contributed by atoms with Crippen LogP contribution in [0.25, 0.3) is 0 Å². The lowest BCUT2D eigenvalue weighted by molar-refractivity contribution is -0.127. The zero-order valence-corrected chi connectivity index (χ0v) is 12.7. The molecule has 1 aromatic carbocycles. The van der Waals surface area contributed by atoms with Crippen LogP contribution in [0.3, 0.4) is 0 Å². The summed E-state index contributed by atoms with van der Waals surface area (Å²) in [6, 6.07) is 4.85. The molecule has 1 amide bonds. The van der Waals surface area contributed by atoms with Gasteiger partial charge in [0.2, 0.25) is 0 Å². The normalized spacial score (nSPS) is 19.6. The van der Waals surface area contributed by atoms with Crippen LogP contribution in [0.4, 0.5) is 0 Å². The van der Waals surface area contributed by atoms with Gasteiger partial charge in [-0.15, -0.1) is 0 Å². The molecule has 6 heteroatoms. The molecular formula is C14H17Cl2NO3. The van der Waals surface area contributed by atoms with E-state index >= 15 is 0 Å². The van der Waals surface area contributed by atoms with Crippen LogP contribution in [0.5, 0.6) is 5.75 Å². The Hall–Kier alpha value is -0.970. The minimum absolute atomic E-state index is 0.117. The summed E-state index contributed by atoms with van der Waals surface area (Å²) in [4.78, 5) is 11.9. The predicted octanol–water partition coefficient (Wildman–Crippen LogP) is 3.06. The topological polar surface area (TPSA) is 47.6 Å². The monoisotopic (exact) mass is 317 g/mol. The first-order valence-electron chi connectivity index (χ1n) is 6.56. The standard InChI is InChI=1S/C14H17Cl2NO3/c1-9(14(18)17-8-12-3-2-4-19-12)20-13-6-10(15)5-11(16)7-13/h5-7,9,12H,2-4,8H2,1H3,(H,17,18). The van der Waals surface area contributed by atoms with Crippen molar-refractivity contribution in [1.82, 2.24) is 5.32 Å². The van der Waals surface area contributed by atoms with Gasteiger partial charge in [-0.25, -0.2) is 0 Å². The van der Waals surface area contributed by atoms with Gasteiger partial charge in [-0.3, -0.25) is 4.79 Å². The summed E-state index contributed by atoms with van der Waals surface area (Å²) >= 11 is 11.8. The minimum atomic E-state index is -0.620. The van der Waals surface area contributed by atoms with Crippen LogP contribution in [0.2, 0.25) is 10.0 Å².